The number of carboxylic acid groups (broad SMARTS) is 1. The van der Waals surface area contributed by atoms with Crippen LogP contribution >= 0.6 is 0 Å². The molecule has 4 heteroatoms. The molecule has 1 fully saturated rings. The zero-order valence-electron chi connectivity index (χ0n) is 10.8. The van der Waals surface area contributed by atoms with Gasteiger partial charge in [0.25, 0.3) is 0 Å². The van der Waals surface area contributed by atoms with Crippen molar-refractivity contribution in [2.45, 2.75) is 19.4 Å². The van der Waals surface area contributed by atoms with Crippen molar-refractivity contribution in [1.82, 2.24) is 9.80 Å². The summed E-state index contributed by atoms with van der Waals surface area (Å²) in [5.74, 6) is -0.691. The molecule has 0 bridgehead atoms. The minimum Gasteiger partial charge on any atom is -0.477 e. The number of carboxylic acids is 1. The van der Waals surface area contributed by atoms with Crippen molar-refractivity contribution in [3.05, 3.63) is 30.3 Å². The predicted molar refractivity (Wildman–Crippen MR) is 72.6 cm³/mol. The summed E-state index contributed by atoms with van der Waals surface area (Å²) >= 11 is 0. The van der Waals surface area contributed by atoms with Crippen molar-refractivity contribution < 1.29 is 9.90 Å². The first-order valence-corrected chi connectivity index (χ1v) is 6.56. The summed E-state index contributed by atoms with van der Waals surface area (Å²) in [6.07, 6.45) is 0.657. The first-order chi connectivity index (χ1) is 8.70. The number of quaternary nitrogens is 1. The number of para-hydroxylation sites is 1. The van der Waals surface area contributed by atoms with Crippen LogP contribution in [-0.2, 0) is 4.79 Å². The van der Waals surface area contributed by atoms with Crippen LogP contribution in [0, 0.1) is 0 Å². The monoisotopic (exact) mass is 249 g/mol. The van der Waals surface area contributed by atoms with Gasteiger partial charge < -0.3 is 10.4 Å². The van der Waals surface area contributed by atoms with E-state index in [2.05, 4.69) is 17.4 Å². The Morgan fingerprint density at radius 3 is 2.44 bits per heavy atom. The molecule has 1 aliphatic heterocycles. The molecular formula is C14H21N2O2+. The number of carbonyl (C=O) groups is 1. The second kappa shape index (κ2) is 5.50. The first-order valence-electron chi connectivity index (χ1n) is 6.56. The fourth-order valence-electron chi connectivity index (χ4n) is 3.00. The van der Waals surface area contributed by atoms with Gasteiger partial charge in [-0.25, -0.2) is 4.79 Å². The van der Waals surface area contributed by atoms with E-state index in [9.17, 15) is 9.90 Å². The Labute approximate surface area is 108 Å². The van der Waals surface area contributed by atoms with Crippen LogP contribution in [0.1, 0.15) is 13.3 Å². The van der Waals surface area contributed by atoms with E-state index in [1.54, 1.807) is 0 Å². The average Bonchev–Trinajstić information content (AvgIpc) is 2.41. The highest BCUT2D eigenvalue weighted by Gasteiger charge is 2.43. The van der Waals surface area contributed by atoms with Crippen molar-refractivity contribution in [3.8, 4) is 0 Å². The van der Waals surface area contributed by atoms with Gasteiger partial charge in [0, 0.05) is 19.5 Å². The summed E-state index contributed by atoms with van der Waals surface area (Å²) in [4.78, 5) is 11.6. The van der Waals surface area contributed by atoms with Gasteiger partial charge in [-0.05, 0) is 12.1 Å². The molecular weight excluding hydrogens is 228 g/mol. The maximum atomic E-state index is 11.6. The average molecular weight is 249 g/mol. The quantitative estimate of drug-likeness (QED) is 0.794. The zero-order valence-corrected chi connectivity index (χ0v) is 10.8. The largest absolute Gasteiger partial charge is 0.477 e. The maximum absolute atomic E-state index is 11.6. The van der Waals surface area contributed by atoms with Crippen molar-refractivity contribution in [2.75, 3.05) is 26.2 Å². The van der Waals surface area contributed by atoms with Crippen LogP contribution in [0.15, 0.2) is 30.3 Å². The molecule has 1 unspecified atom stereocenters. The van der Waals surface area contributed by atoms with E-state index < -0.39 is 5.97 Å². The van der Waals surface area contributed by atoms with Gasteiger partial charge in [-0.2, -0.15) is 0 Å². The zero-order chi connectivity index (χ0) is 13.0. The third-order valence-electron chi connectivity index (χ3n) is 3.91. The Hall–Kier alpha value is -1.39. The van der Waals surface area contributed by atoms with Crippen LogP contribution in [0.5, 0.6) is 0 Å². The molecule has 1 saturated heterocycles. The molecule has 2 N–H and O–H groups in total. The summed E-state index contributed by atoms with van der Waals surface area (Å²) in [5, 5.41) is 12.8. The van der Waals surface area contributed by atoms with Crippen LogP contribution in [-0.4, -0.2) is 43.3 Å². The molecule has 1 atom stereocenters. The van der Waals surface area contributed by atoms with E-state index in [1.165, 1.54) is 0 Å². The summed E-state index contributed by atoms with van der Waals surface area (Å²) in [5.41, 5.74) is 1.12. The van der Waals surface area contributed by atoms with E-state index >= 15 is 0 Å². The number of nitrogens with one attached hydrogen (secondary N) is 1. The third kappa shape index (κ3) is 2.26. The van der Waals surface area contributed by atoms with Gasteiger partial charge in [0.15, 0.2) is 6.04 Å². The molecule has 0 aliphatic carbocycles. The van der Waals surface area contributed by atoms with Crippen molar-refractivity contribution in [3.63, 3.8) is 0 Å². The van der Waals surface area contributed by atoms with Gasteiger partial charge in [0.2, 0.25) is 0 Å². The Morgan fingerprint density at radius 1 is 1.33 bits per heavy atom. The third-order valence-corrected chi connectivity index (χ3v) is 3.91. The lowest BCUT2D eigenvalue weighted by Gasteiger charge is -2.44. The van der Waals surface area contributed by atoms with Crippen molar-refractivity contribution in [2.24, 2.45) is 0 Å². The molecule has 0 aromatic heterocycles. The van der Waals surface area contributed by atoms with Crippen LogP contribution in [0.4, 0.5) is 5.69 Å². The van der Waals surface area contributed by atoms with E-state index in [-0.39, 0.29) is 6.04 Å². The van der Waals surface area contributed by atoms with E-state index in [0.29, 0.717) is 10.9 Å². The second-order valence-electron chi connectivity index (χ2n) is 4.83. The molecule has 0 saturated carbocycles. The van der Waals surface area contributed by atoms with Crippen LogP contribution in [0.3, 0.4) is 0 Å². The highest BCUT2D eigenvalue weighted by Crippen LogP contribution is 2.28. The molecule has 1 heterocycles. The molecule has 4 nitrogen and oxygen atoms in total. The summed E-state index contributed by atoms with van der Waals surface area (Å²) in [6, 6.07) is 9.71. The molecule has 1 aliphatic rings. The Morgan fingerprint density at radius 2 is 1.94 bits per heavy atom. The fraction of sp³-hybridized carbons (Fsp3) is 0.500. The molecule has 0 amide bonds. The Bertz CT molecular complexity index is 400. The fourth-order valence-corrected chi connectivity index (χ4v) is 3.00. The Balaban J connectivity index is 2.43. The van der Waals surface area contributed by atoms with Crippen LogP contribution in [0.25, 0.3) is 0 Å². The topological polar surface area (TPSA) is 49.3 Å². The maximum Gasteiger partial charge on any atom is 0.362 e. The van der Waals surface area contributed by atoms with E-state index in [4.69, 9.17) is 0 Å². The minimum absolute atomic E-state index is 0.352. The van der Waals surface area contributed by atoms with Gasteiger partial charge in [-0.3, -0.25) is 4.48 Å². The molecule has 18 heavy (non-hydrogen) atoms. The number of rotatable bonds is 4. The lowest BCUT2D eigenvalue weighted by molar-refractivity contribution is -0.143. The lowest BCUT2D eigenvalue weighted by Crippen LogP contribution is -2.67. The van der Waals surface area contributed by atoms with E-state index in [0.717, 1.165) is 31.9 Å². The van der Waals surface area contributed by atoms with Gasteiger partial charge in [0.1, 0.15) is 5.69 Å². The molecule has 0 spiro atoms. The summed E-state index contributed by atoms with van der Waals surface area (Å²) < 4.78 is 0.569. The highest BCUT2D eigenvalue weighted by molar-refractivity contribution is 5.76. The van der Waals surface area contributed by atoms with Crippen LogP contribution < -0.4 is 9.80 Å². The number of piperazine rings is 1. The smallest absolute Gasteiger partial charge is 0.362 e. The first kappa shape index (κ1) is 13.1. The molecule has 1 aromatic carbocycles. The number of hydrogen-bond acceptors (Lipinski definition) is 2. The second-order valence-corrected chi connectivity index (χ2v) is 4.83. The van der Waals surface area contributed by atoms with Crippen molar-refractivity contribution >= 4 is 11.7 Å². The lowest BCUT2D eigenvalue weighted by atomic mass is 10.0. The van der Waals surface area contributed by atoms with Gasteiger partial charge >= 0.3 is 5.97 Å². The molecule has 1 aromatic rings. The number of nitrogens with zero attached hydrogens (tertiary/aromatic N) is 1. The van der Waals surface area contributed by atoms with Crippen molar-refractivity contribution in [1.29, 1.82) is 0 Å². The number of hydrogen-bond donors (Lipinski definition) is 2. The Kier molecular flexibility index (Phi) is 3.99. The normalized spacial score (nSPS) is 20.3. The minimum atomic E-state index is -0.691. The molecule has 2 rings (SSSR count). The molecule has 0 radical (unpaired) electrons. The SMILES string of the molecule is CCC(C(=O)O)[N+]1(c2ccccc2)CCNCC1. The number of aliphatic carboxylic acids is 1. The summed E-state index contributed by atoms with van der Waals surface area (Å²) in [6.45, 7) is 5.39. The molecule has 98 valence electrons. The van der Waals surface area contributed by atoms with Gasteiger partial charge in [-0.15, -0.1) is 0 Å². The van der Waals surface area contributed by atoms with Gasteiger partial charge in [0.05, 0.1) is 13.1 Å². The highest BCUT2D eigenvalue weighted by atomic mass is 16.4. The van der Waals surface area contributed by atoms with Gasteiger partial charge in [-0.1, -0.05) is 25.1 Å². The van der Waals surface area contributed by atoms with Crippen LogP contribution in [0.2, 0.25) is 0 Å². The standard InChI is InChI=1S/C14H20N2O2/c1-2-13(14(17)18)16(10-8-15-9-11-16)12-6-4-3-5-7-12/h3-7,13,15H,2,8-11H2,1H3/p+1. The summed E-state index contributed by atoms with van der Waals surface area (Å²) in [7, 11) is 0. The van der Waals surface area contributed by atoms with E-state index in [1.807, 2.05) is 25.1 Å². The predicted octanol–water partition coefficient (Wildman–Crippen LogP) is 1.46. The number of benzene rings is 1.